The lowest BCUT2D eigenvalue weighted by atomic mass is 10.2. The quantitative estimate of drug-likeness (QED) is 0.834. The monoisotopic (exact) mass is 309 g/mol. The van der Waals surface area contributed by atoms with Gasteiger partial charge in [0.25, 0.3) is 0 Å². The van der Waals surface area contributed by atoms with Gasteiger partial charge in [-0.1, -0.05) is 12.1 Å². The number of carbonyl (C=O) groups is 1. The standard InChI is InChI=1S/C14H15NO3S2/c1-11(16)13-2-4-14(5-3-13)20(17,18)15-8-6-12-7-9-19-10-12/h2-5,7,9-10,15H,6,8H2,1H3. The molecule has 0 saturated heterocycles. The molecule has 0 radical (unpaired) electrons. The van der Waals surface area contributed by atoms with E-state index in [9.17, 15) is 13.2 Å². The van der Waals surface area contributed by atoms with Crippen LogP contribution in [0.3, 0.4) is 0 Å². The number of hydrogen-bond donors (Lipinski definition) is 1. The third-order valence-electron chi connectivity index (χ3n) is 2.86. The maximum absolute atomic E-state index is 12.0. The molecule has 1 N–H and O–H groups in total. The van der Waals surface area contributed by atoms with E-state index in [0.29, 0.717) is 18.5 Å². The van der Waals surface area contributed by atoms with Gasteiger partial charge in [-0.25, -0.2) is 13.1 Å². The van der Waals surface area contributed by atoms with Crippen molar-refractivity contribution in [3.63, 3.8) is 0 Å². The molecule has 20 heavy (non-hydrogen) atoms. The largest absolute Gasteiger partial charge is 0.295 e. The zero-order valence-corrected chi connectivity index (χ0v) is 12.6. The van der Waals surface area contributed by atoms with Crippen molar-refractivity contribution >= 4 is 27.1 Å². The van der Waals surface area contributed by atoms with Crippen LogP contribution in [0.2, 0.25) is 0 Å². The van der Waals surface area contributed by atoms with Gasteiger partial charge in [0.2, 0.25) is 10.0 Å². The summed E-state index contributed by atoms with van der Waals surface area (Å²) in [5, 5.41) is 3.96. The van der Waals surface area contributed by atoms with Crippen LogP contribution in [0.4, 0.5) is 0 Å². The van der Waals surface area contributed by atoms with Gasteiger partial charge in [-0.05, 0) is 47.9 Å². The summed E-state index contributed by atoms with van der Waals surface area (Å²) in [5.41, 5.74) is 1.62. The maximum atomic E-state index is 12.0. The lowest BCUT2D eigenvalue weighted by Gasteiger charge is -2.06. The number of hydrogen-bond acceptors (Lipinski definition) is 4. The van der Waals surface area contributed by atoms with Gasteiger partial charge in [-0.15, -0.1) is 0 Å². The molecule has 0 unspecified atom stereocenters. The average molecular weight is 309 g/mol. The number of rotatable bonds is 6. The minimum absolute atomic E-state index is 0.0839. The summed E-state index contributed by atoms with van der Waals surface area (Å²) >= 11 is 1.59. The number of carbonyl (C=O) groups excluding carboxylic acids is 1. The van der Waals surface area contributed by atoms with Crippen LogP contribution < -0.4 is 4.72 Å². The molecule has 2 rings (SSSR count). The fourth-order valence-corrected chi connectivity index (χ4v) is 3.45. The lowest BCUT2D eigenvalue weighted by molar-refractivity contribution is 0.101. The highest BCUT2D eigenvalue weighted by Crippen LogP contribution is 2.11. The molecule has 0 aliphatic rings. The molecule has 6 heteroatoms. The van der Waals surface area contributed by atoms with Crippen molar-refractivity contribution in [2.45, 2.75) is 18.2 Å². The van der Waals surface area contributed by atoms with Gasteiger partial charge in [-0.2, -0.15) is 11.3 Å². The Labute approximate surface area is 122 Å². The zero-order chi connectivity index (χ0) is 14.6. The highest BCUT2D eigenvalue weighted by molar-refractivity contribution is 7.89. The summed E-state index contributed by atoms with van der Waals surface area (Å²) in [5.74, 6) is -0.0839. The Balaban J connectivity index is 2.00. The van der Waals surface area contributed by atoms with Gasteiger partial charge in [0.05, 0.1) is 4.90 Å². The fourth-order valence-electron chi connectivity index (χ4n) is 1.72. The van der Waals surface area contributed by atoms with Crippen LogP contribution in [0.5, 0.6) is 0 Å². The Morgan fingerprint density at radius 1 is 1.20 bits per heavy atom. The summed E-state index contributed by atoms with van der Waals surface area (Å²) in [7, 11) is -3.51. The lowest BCUT2D eigenvalue weighted by Crippen LogP contribution is -2.25. The van der Waals surface area contributed by atoms with Crippen molar-refractivity contribution in [2.75, 3.05) is 6.54 Å². The van der Waals surface area contributed by atoms with Gasteiger partial charge in [0.1, 0.15) is 0 Å². The van der Waals surface area contributed by atoms with Gasteiger partial charge in [-0.3, -0.25) is 4.79 Å². The first-order valence-corrected chi connectivity index (χ1v) is 8.53. The van der Waals surface area contributed by atoms with Crippen molar-refractivity contribution in [2.24, 2.45) is 0 Å². The van der Waals surface area contributed by atoms with E-state index in [4.69, 9.17) is 0 Å². The molecule has 0 bridgehead atoms. The van der Waals surface area contributed by atoms with Crippen molar-refractivity contribution in [1.29, 1.82) is 0 Å². The summed E-state index contributed by atoms with van der Waals surface area (Å²) in [6, 6.07) is 7.92. The predicted molar refractivity (Wildman–Crippen MR) is 79.7 cm³/mol. The van der Waals surface area contributed by atoms with Gasteiger partial charge >= 0.3 is 0 Å². The van der Waals surface area contributed by atoms with E-state index in [1.807, 2.05) is 16.8 Å². The smallest absolute Gasteiger partial charge is 0.240 e. The van der Waals surface area contributed by atoms with Gasteiger partial charge in [0.15, 0.2) is 5.78 Å². The van der Waals surface area contributed by atoms with Crippen LogP contribution in [0.1, 0.15) is 22.8 Å². The third kappa shape index (κ3) is 3.75. The van der Waals surface area contributed by atoms with Gasteiger partial charge in [0, 0.05) is 12.1 Å². The molecule has 0 atom stereocenters. The molecule has 0 saturated carbocycles. The normalized spacial score (nSPS) is 11.4. The Bertz CT molecular complexity index is 674. The van der Waals surface area contributed by atoms with Crippen molar-refractivity contribution in [1.82, 2.24) is 4.72 Å². The first-order valence-electron chi connectivity index (χ1n) is 6.11. The number of Topliss-reactive ketones (excluding diaryl/α,β-unsaturated/α-hetero) is 1. The van der Waals surface area contributed by atoms with E-state index in [-0.39, 0.29) is 10.7 Å². The number of ketones is 1. The zero-order valence-electron chi connectivity index (χ0n) is 11.0. The van der Waals surface area contributed by atoms with E-state index >= 15 is 0 Å². The number of sulfonamides is 1. The first-order chi connectivity index (χ1) is 9.49. The highest BCUT2D eigenvalue weighted by atomic mass is 32.2. The summed E-state index contributed by atoms with van der Waals surface area (Å²) in [4.78, 5) is 11.3. The topological polar surface area (TPSA) is 63.2 Å². The fraction of sp³-hybridized carbons (Fsp3) is 0.214. The Hall–Kier alpha value is -1.50. The molecular formula is C14H15NO3S2. The maximum Gasteiger partial charge on any atom is 0.240 e. The number of thiophene rings is 1. The molecule has 106 valence electrons. The number of nitrogens with one attached hydrogen (secondary N) is 1. The second-order valence-corrected chi connectivity index (χ2v) is 6.91. The molecule has 0 amide bonds. The second-order valence-electron chi connectivity index (χ2n) is 4.36. The van der Waals surface area contributed by atoms with E-state index in [2.05, 4.69) is 4.72 Å². The predicted octanol–water partition coefficient (Wildman–Crippen LogP) is 2.47. The second kappa shape index (κ2) is 6.30. The molecule has 0 aliphatic carbocycles. The molecule has 0 spiro atoms. The minimum atomic E-state index is -3.51. The van der Waals surface area contributed by atoms with Crippen LogP contribution in [0.15, 0.2) is 46.0 Å². The van der Waals surface area contributed by atoms with Crippen molar-refractivity contribution in [3.05, 3.63) is 52.2 Å². The molecule has 0 fully saturated rings. The van der Waals surface area contributed by atoms with E-state index in [1.165, 1.54) is 31.2 Å². The Morgan fingerprint density at radius 2 is 1.90 bits per heavy atom. The first kappa shape index (κ1) is 14.9. The van der Waals surface area contributed by atoms with E-state index in [0.717, 1.165) is 5.56 Å². The molecule has 1 aromatic heterocycles. The Kier molecular flexibility index (Phi) is 4.69. The molecule has 2 aromatic rings. The summed E-state index contributed by atoms with van der Waals surface area (Å²) < 4.78 is 26.7. The summed E-state index contributed by atoms with van der Waals surface area (Å²) in [6.07, 6.45) is 0.661. The summed E-state index contributed by atoms with van der Waals surface area (Å²) in [6.45, 7) is 1.80. The van der Waals surface area contributed by atoms with Crippen molar-refractivity contribution in [3.8, 4) is 0 Å². The molecule has 1 heterocycles. The highest BCUT2D eigenvalue weighted by Gasteiger charge is 2.13. The Morgan fingerprint density at radius 3 is 2.45 bits per heavy atom. The van der Waals surface area contributed by atoms with Crippen LogP contribution in [0.25, 0.3) is 0 Å². The minimum Gasteiger partial charge on any atom is -0.295 e. The number of benzene rings is 1. The molecular weight excluding hydrogens is 294 g/mol. The molecule has 1 aromatic carbocycles. The third-order valence-corrected chi connectivity index (χ3v) is 5.07. The van der Waals surface area contributed by atoms with Crippen LogP contribution in [-0.2, 0) is 16.4 Å². The SMILES string of the molecule is CC(=O)c1ccc(S(=O)(=O)NCCc2ccsc2)cc1. The molecule has 4 nitrogen and oxygen atoms in total. The van der Waals surface area contributed by atoms with E-state index in [1.54, 1.807) is 11.3 Å². The molecule has 0 aliphatic heterocycles. The van der Waals surface area contributed by atoms with Crippen LogP contribution >= 0.6 is 11.3 Å². The van der Waals surface area contributed by atoms with Crippen LogP contribution in [0, 0.1) is 0 Å². The van der Waals surface area contributed by atoms with E-state index < -0.39 is 10.0 Å². The average Bonchev–Trinajstić information content (AvgIpc) is 2.92. The van der Waals surface area contributed by atoms with Gasteiger partial charge < -0.3 is 0 Å². The van der Waals surface area contributed by atoms with Crippen LogP contribution in [-0.4, -0.2) is 20.7 Å². The van der Waals surface area contributed by atoms with Crippen molar-refractivity contribution < 1.29 is 13.2 Å².